The van der Waals surface area contributed by atoms with Gasteiger partial charge in [0.1, 0.15) is 5.60 Å². The number of hydrogen-bond donors (Lipinski definition) is 3. The molecule has 0 aromatic rings. The topological polar surface area (TPSA) is 77.8 Å². The Bertz CT molecular complexity index is 445. The van der Waals surface area contributed by atoms with Crippen LogP contribution >= 0.6 is 0 Å². The first-order valence-corrected chi connectivity index (χ1v) is 6.27. The van der Waals surface area contributed by atoms with Crippen LogP contribution in [-0.4, -0.2) is 33.0 Å². The Balaban J connectivity index is 3.05. The number of aliphatic hydroxyl groups is 2. The van der Waals surface area contributed by atoms with Crippen molar-refractivity contribution in [2.75, 3.05) is 0 Å². The standard InChI is InChI=1S/C15H22O4/c1-10(7-13(17)18)5-6-15(19)11(2)8-12(16)9-14(15,3)4/h5-7,12,16,19H,2,8-9H2,1,3-4H3,(H,17,18)/b6-5+,10-7-/t12?,15-/m1/s1. The van der Waals surface area contributed by atoms with Crippen molar-refractivity contribution in [2.24, 2.45) is 5.41 Å². The number of carboxylic acid groups (broad SMARTS) is 1. The molecule has 2 atom stereocenters. The molecule has 0 amide bonds. The van der Waals surface area contributed by atoms with E-state index in [-0.39, 0.29) is 0 Å². The van der Waals surface area contributed by atoms with Gasteiger partial charge in [0.2, 0.25) is 0 Å². The Morgan fingerprint density at radius 2 is 2.05 bits per heavy atom. The molecule has 0 aromatic heterocycles. The van der Waals surface area contributed by atoms with E-state index < -0.39 is 23.1 Å². The van der Waals surface area contributed by atoms with E-state index in [0.29, 0.717) is 24.0 Å². The van der Waals surface area contributed by atoms with Gasteiger partial charge in [0.15, 0.2) is 0 Å². The Kier molecular flexibility index (Phi) is 4.38. The number of rotatable bonds is 3. The molecule has 0 saturated heterocycles. The maximum atomic E-state index is 10.8. The van der Waals surface area contributed by atoms with Crippen LogP contribution in [0.25, 0.3) is 0 Å². The molecule has 3 N–H and O–H groups in total. The van der Waals surface area contributed by atoms with E-state index in [0.717, 1.165) is 6.08 Å². The molecule has 4 nitrogen and oxygen atoms in total. The monoisotopic (exact) mass is 266 g/mol. The fourth-order valence-corrected chi connectivity index (χ4v) is 2.57. The second-order valence-electron chi connectivity index (χ2n) is 5.88. The van der Waals surface area contributed by atoms with E-state index in [1.165, 1.54) is 0 Å². The highest BCUT2D eigenvalue weighted by atomic mass is 16.4. The van der Waals surface area contributed by atoms with E-state index in [2.05, 4.69) is 6.58 Å². The van der Waals surface area contributed by atoms with Crippen LogP contribution in [-0.2, 0) is 4.79 Å². The van der Waals surface area contributed by atoms with Gasteiger partial charge in [-0.25, -0.2) is 4.79 Å². The molecule has 1 fully saturated rings. The average molecular weight is 266 g/mol. The SMILES string of the molecule is C=C1CC(O)CC(C)(C)[C@@]1(O)/C=C/C(C)=C\C(=O)O. The fraction of sp³-hybridized carbons (Fsp3) is 0.533. The van der Waals surface area contributed by atoms with Gasteiger partial charge in [-0.05, 0) is 37.0 Å². The zero-order valence-electron chi connectivity index (χ0n) is 11.7. The molecular formula is C15H22O4. The van der Waals surface area contributed by atoms with Gasteiger partial charge in [-0.3, -0.25) is 0 Å². The number of carbonyl (C=O) groups is 1. The molecule has 1 rings (SSSR count). The van der Waals surface area contributed by atoms with Crippen LogP contribution in [0.5, 0.6) is 0 Å². The third-order valence-electron chi connectivity index (χ3n) is 3.74. The van der Waals surface area contributed by atoms with Gasteiger partial charge in [-0.15, -0.1) is 0 Å². The first-order chi connectivity index (χ1) is 8.58. The lowest BCUT2D eigenvalue weighted by Gasteiger charge is -2.47. The molecule has 0 radical (unpaired) electrons. The summed E-state index contributed by atoms with van der Waals surface area (Å²) < 4.78 is 0. The first kappa shape index (κ1) is 15.7. The van der Waals surface area contributed by atoms with Crippen molar-refractivity contribution >= 4 is 5.97 Å². The molecule has 1 aliphatic rings. The summed E-state index contributed by atoms with van der Waals surface area (Å²) in [5.41, 5.74) is -0.701. The van der Waals surface area contributed by atoms with Crippen molar-refractivity contribution in [1.82, 2.24) is 0 Å². The summed E-state index contributed by atoms with van der Waals surface area (Å²) in [5, 5.41) is 29.2. The van der Waals surface area contributed by atoms with Crippen LogP contribution in [0, 0.1) is 5.41 Å². The summed E-state index contributed by atoms with van der Waals surface area (Å²) in [6.45, 7) is 9.23. The maximum Gasteiger partial charge on any atom is 0.328 e. The van der Waals surface area contributed by atoms with Crippen LogP contribution in [0.2, 0.25) is 0 Å². The number of aliphatic hydroxyl groups excluding tert-OH is 1. The Labute approximate surface area is 113 Å². The predicted molar refractivity (Wildman–Crippen MR) is 73.6 cm³/mol. The van der Waals surface area contributed by atoms with Crippen molar-refractivity contribution in [2.45, 2.75) is 45.3 Å². The van der Waals surface area contributed by atoms with Crippen molar-refractivity contribution in [3.05, 3.63) is 36.0 Å². The highest BCUT2D eigenvalue weighted by Gasteiger charge is 2.48. The smallest absolute Gasteiger partial charge is 0.328 e. The summed E-state index contributed by atoms with van der Waals surface area (Å²) in [5.74, 6) is -1.02. The third kappa shape index (κ3) is 3.33. The van der Waals surface area contributed by atoms with Crippen molar-refractivity contribution in [1.29, 1.82) is 0 Å². The van der Waals surface area contributed by atoms with Crippen LogP contribution < -0.4 is 0 Å². The summed E-state index contributed by atoms with van der Waals surface area (Å²) in [6.07, 6.45) is 4.56. The van der Waals surface area contributed by atoms with Crippen LogP contribution in [0.3, 0.4) is 0 Å². The molecule has 1 saturated carbocycles. The van der Waals surface area contributed by atoms with E-state index in [1.54, 1.807) is 19.1 Å². The van der Waals surface area contributed by atoms with Gasteiger partial charge in [-0.1, -0.05) is 26.5 Å². The molecule has 0 aliphatic heterocycles. The second-order valence-corrected chi connectivity index (χ2v) is 5.88. The van der Waals surface area contributed by atoms with Crippen molar-refractivity contribution in [3.8, 4) is 0 Å². The second kappa shape index (κ2) is 5.31. The zero-order chi connectivity index (χ0) is 14.8. The lowest BCUT2D eigenvalue weighted by Crippen LogP contribution is -2.50. The highest BCUT2D eigenvalue weighted by molar-refractivity contribution is 5.81. The van der Waals surface area contributed by atoms with Crippen molar-refractivity contribution in [3.63, 3.8) is 0 Å². The van der Waals surface area contributed by atoms with E-state index in [1.807, 2.05) is 13.8 Å². The summed E-state index contributed by atoms with van der Waals surface area (Å²) in [6, 6.07) is 0. The largest absolute Gasteiger partial charge is 0.478 e. The number of carboxylic acids is 1. The van der Waals surface area contributed by atoms with E-state index >= 15 is 0 Å². The van der Waals surface area contributed by atoms with Gasteiger partial charge in [0, 0.05) is 11.5 Å². The summed E-state index contributed by atoms with van der Waals surface area (Å²) in [7, 11) is 0. The average Bonchev–Trinajstić information content (AvgIpc) is 2.21. The minimum atomic E-state index is -1.24. The van der Waals surface area contributed by atoms with Gasteiger partial charge < -0.3 is 15.3 Å². The predicted octanol–water partition coefficient (Wildman–Crippen LogP) is 2.04. The molecule has 106 valence electrons. The molecule has 1 unspecified atom stereocenters. The number of hydrogen-bond acceptors (Lipinski definition) is 3. The maximum absolute atomic E-state index is 10.8. The van der Waals surface area contributed by atoms with E-state index in [4.69, 9.17) is 5.11 Å². The molecular weight excluding hydrogens is 244 g/mol. The number of aliphatic carboxylic acids is 1. The molecule has 0 heterocycles. The lowest BCUT2D eigenvalue weighted by molar-refractivity contribution is -0.131. The normalized spacial score (nSPS) is 31.7. The minimum absolute atomic E-state index is 0.353. The lowest BCUT2D eigenvalue weighted by atomic mass is 9.62. The molecule has 19 heavy (non-hydrogen) atoms. The molecule has 0 aromatic carbocycles. The quantitative estimate of drug-likeness (QED) is 0.415. The van der Waals surface area contributed by atoms with Crippen LogP contribution in [0.4, 0.5) is 0 Å². The van der Waals surface area contributed by atoms with Crippen molar-refractivity contribution < 1.29 is 20.1 Å². The van der Waals surface area contributed by atoms with E-state index in [9.17, 15) is 15.0 Å². The summed E-state index contributed by atoms with van der Waals surface area (Å²) in [4.78, 5) is 10.6. The van der Waals surface area contributed by atoms with Gasteiger partial charge >= 0.3 is 5.97 Å². The molecule has 1 aliphatic carbocycles. The molecule has 0 bridgehead atoms. The Morgan fingerprint density at radius 1 is 1.47 bits per heavy atom. The highest BCUT2D eigenvalue weighted by Crippen LogP contribution is 2.47. The Hall–Kier alpha value is -1.39. The minimum Gasteiger partial charge on any atom is -0.478 e. The van der Waals surface area contributed by atoms with Crippen LogP contribution in [0.1, 0.15) is 33.6 Å². The Morgan fingerprint density at radius 3 is 2.53 bits per heavy atom. The molecule has 4 heteroatoms. The summed E-state index contributed by atoms with van der Waals surface area (Å²) >= 11 is 0. The van der Waals surface area contributed by atoms with Crippen LogP contribution in [0.15, 0.2) is 36.0 Å². The fourth-order valence-electron chi connectivity index (χ4n) is 2.57. The number of allylic oxidation sites excluding steroid dienone is 2. The zero-order valence-corrected chi connectivity index (χ0v) is 11.7. The third-order valence-corrected chi connectivity index (χ3v) is 3.74. The van der Waals surface area contributed by atoms with Gasteiger partial charge in [0.05, 0.1) is 6.10 Å². The molecule has 0 spiro atoms. The first-order valence-electron chi connectivity index (χ1n) is 6.27. The van der Waals surface area contributed by atoms with Gasteiger partial charge in [-0.2, -0.15) is 0 Å². The van der Waals surface area contributed by atoms with Gasteiger partial charge in [0.25, 0.3) is 0 Å².